The van der Waals surface area contributed by atoms with E-state index >= 15 is 0 Å². The molecule has 1 aliphatic rings. The minimum absolute atomic E-state index is 0.408. The average molecular weight is 332 g/mol. The first-order valence-corrected chi connectivity index (χ1v) is 8.48. The highest BCUT2D eigenvalue weighted by atomic mass is 16.5. The second kappa shape index (κ2) is 9.27. The van der Waals surface area contributed by atoms with Gasteiger partial charge in [-0.1, -0.05) is 12.1 Å². The molecule has 132 valence electrons. The predicted octanol–water partition coefficient (Wildman–Crippen LogP) is 1.61. The summed E-state index contributed by atoms with van der Waals surface area (Å²) in [5.74, 6) is 1.19. The zero-order valence-electron chi connectivity index (χ0n) is 14.6. The number of rotatable bonds is 6. The standard InChI is InChI=1S/C18H28N4O2/c1-20-18(22(2)9-6-14-7-10-24-11-8-14)21-13-15-4-3-5-16(12-15)17(19)23/h3-5,12,14H,6-11,13H2,1-2H3,(H2,19,23)(H,20,21). The molecule has 0 bridgehead atoms. The predicted molar refractivity (Wildman–Crippen MR) is 95.9 cm³/mol. The lowest BCUT2D eigenvalue weighted by molar-refractivity contribution is 0.0625. The van der Waals surface area contributed by atoms with Gasteiger partial charge in [0.2, 0.25) is 5.91 Å². The Labute approximate surface area is 144 Å². The van der Waals surface area contributed by atoms with Gasteiger partial charge in [0.1, 0.15) is 0 Å². The van der Waals surface area contributed by atoms with Gasteiger partial charge in [-0.15, -0.1) is 0 Å². The highest BCUT2D eigenvalue weighted by Crippen LogP contribution is 2.18. The zero-order chi connectivity index (χ0) is 17.4. The SMILES string of the molecule is CN=C(NCc1cccc(C(N)=O)c1)N(C)CCC1CCOCC1. The maximum absolute atomic E-state index is 11.3. The van der Waals surface area contributed by atoms with Gasteiger partial charge in [-0.25, -0.2) is 0 Å². The van der Waals surface area contributed by atoms with Crippen LogP contribution in [0.5, 0.6) is 0 Å². The number of nitrogens with two attached hydrogens (primary N) is 1. The van der Waals surface area contributed by atoms with Crippen LogP contribution in [0, 0.1) is 5.92 Å². The molecular formula is C18H28N4O2. The maximum atomic E-state index is 11.3. The third-order valence-corrected chi connectivity index (χ3v) is 4.45. The Bertz CT molecular complexity index is 568. The summed E-state index contributed by atoms with van der Waals surface area (Å²) in [6, 6.07) is 7.34. The number of nitrogens with one attached hydrogen (secondary N) is 1. The van der Waals surface area contributed by atoms with Gasteiger partial charge in [-0.2, -0.15) is 0 Å². The van der Waals surface area contributed by atoms with Crippen molar-refractivity contribution in [1.82, 2.24) is 10.2 Å². The van der Waals surface area contributed by atoms with E-state index < -0.39 is 5.91 Å². The second-order valence-corrected chi connectivity index (χ2v) is 6.23. The van der Waals surface area contributed by atoms with Crippen LogP contribution in [-0.4, -0.2) is 50.6 Å². The minimum Gasteiger partial charge on any atom is -0.381 e. The summed E-state index contributed by atoms with van der Waals surface area (Å²) in [7, 11) is 3.83. The molecule has 0 aromatic heterocycles. The molecule has 1 amide bonds. The Morgan fingerprint density at radius 1 is 1.42 bits per heavy atom. The number of nitrogens with zero attached hydrogens (tertiary/aromatic N) is 2. The van der Waals surface area contributed by atoms with Gasteiger partial charge in [-0.3, -0.25) is 9.79 Å². The molecule has 1 saturated heterocycles. The largest absolute Gasteiger partial charge is 0.381 e. The number of primary amides is 1. The van der Waals surface area contributed by atoms with Crippen LogP contribution in [0.2, 0.25) is 0 Å². The van der Waals surface area contributed by atoms with Crippen LogP contribution in [0.15, 0.2) is 29.3 Å². The van der Waals surface area contributed by atoms with Crippen LogP contribution in [0.3, 0.4) is 0 Å². The Morgan fingerprint density at radius 2 is 2.17 bits per heavy atom. The van der Waals surface area contributed by atoms with Gasteiger partial charge in [0, 0.05) is 46.0 Å². The Hall–Kier alpha value is -2.08. The molecule has 0 saturated carbocycles. The quantitative estimate of drug-likeness (QED) is 0.613. The van der Waals surface area contributed by atoms with E-state index in [2.05, 4.69) is 22.3 Å². The molecule has 6 heteroatoms. The van der Waals surface area contributed by atoms with Crippen LogP contribution in [0.4, 0.5) is 0 Å². The van der Waals surface area contributed by atoms with Crippen LogP contribution in [0.1, 0.15) is 35.2 Å². The summed E-state index contributed by atoms with van der Waals surface area (Å²) in [4.78, 5) is 17.7. The van der Waals surface area contributed by atoms with Gasteiger partial charge < -0.3 is 20.7 Å². The van der Waals surface area contributed by atoms with Crippen molar-refractivity contribution in [2.75, 3.05) is 33.9 Å². The van der Waals surface area contributed by atoms with Gasteiger partial charge in [-0.05, 0) is 42.9 Å². The number of ether oxygens (including phenoxy) is 1. The molecule has 3 N–H and O–H groups in total. The first kappa shape index (κ1) is 18.3. The molecule has 1 aromatic rings. The number of benzene rings is 1. The van der Waals surface area contributed by atoms with Gasteiger partial charge in [0.15, 0.2) is 5.96 Å². The van der Waals surface area contributed by atoms with Crippen molar-refractivity contribution in [2.45, 2.75) is 25.8 Å². The lowest BCUT2D eigenvalue weighted by Crippen LogP contribution is -2.39. The molecule has 0 spiro atoms. The van der Waals surface area contributed by atoms with Crippen molar-refractivity contribution in [2.24, 2.45) is 16.6 Å². The fourth-order valence-corrected chi connectivity index (χ4v) is 2.92. The highest BCUT2D eigenvalue weighted by molar-refractivity contribution is 5.92. The molecule has 2 rings (SSSR count). The maximum Gasteiger partial charge on any atom is 0.248 e. The van der Waals surface area contributed by atoms with Gasteiger partial charge >= 0.3 is 0 Å². The monoisotopic (exact) mass is 332 g/mol. The van der Waals surface area contributed by atoms with E-state index in [1.165, 1.54) is 0 Å². The number of hydrogen-bond acceptors (Lipinski definition) is 3. The fraction of sp³-hybridized carbons (Fsp3) is 0.556. The summed E-state index contributed by atoms with van der Waals surface area (Å²) >= 11 is 0. The summed E-state index contributed by atoms with van der Waals surface area (Å²) in [6.45, 7) is 3.34. The summed E-state index contributed by atoms with van der Waals surface area (Å²) in [5, 5.41) is 3.34. The van der Waals surface area contributed by atoms with Gasteiger partial charge in [0.25, 0.3) is 0 Å². The van der Waals surface area contributed by atoms with Gasteiger partial charge in [0.05, 0.1) is 0 Å². The Balaban J connectivity index is 1.82. The van der Waals surface area contributed by atoms with E-state index in [-0.39, 0.29) is 0 Å². The number of hydrogen-bond donors (Lipinski definition) is 2. The molecule has 24 heavy (non-hydrogen) atoms. The third-order valence-electron chi connectivity index (χ3n) is 4.45. The molecule has 0 unspecified atom stereocenters. The smallest absolute Gasteiger partial charge is 0.248 e. The van der Waals surface area contributed by atoms with E-state index in [4.69, 9.17) is 10.5 Å². The number of guanidine groups is 1. The lowest BCUT2D eigenvalue weighted by Gasteiger charge is -2.26. The van der Waals surface area contributed by atoms with Crippen LogP contribution in [-0.2, 0) is 11.3 Å². The highest BCUT2D eigenvalue weighted by Gasteiger charge is 2.15. The van der Waals surface area contributed by atoms with E-state index in [1.807, 2.05) is 18.2 Å². The number of carbonyl (C=O) groups excluding carboxylic acids is 1. The molecule has 1 aromatic carbocycles. The molecule has 1 aliphatic heterocycles. The molecule has 0 radical (unpaired) electrons. The second-order valence-electron chi connectivity index (χ2n) is 6.23. The normalized spacial score (nSPS) is 16.0. The van der Waals surface area contributed by atoms with Crippen molar-refractivity contribution < 1.29 is 9.53 Å². The van der Waals surface area contributed by atoms with Crippen LogP contribution >= 0.6 is 0 Å². The molecule has 6 nitrogen and oxygen atoms in total. The third kappa shape index (κ3) is 5.53. The Kier molecular flexibility index (Phi) is 7.06. The minimum atomic E-state index is -0.408. The molecular weight excluding hydrogens is 304 g/mol. The van der Waals surface area contributed by atoms with E-state index in [1.54, 1.807) is 13.1 Å². The van der Waals surface area contributed by atoms with Crippen LogP contribution in [0.25, 0.3) is 0 Å². The average Bonchev–Trinajstić information content (AvgIpc) is 2.61. The topological polar surface area (TPSA) is 79.9 Å². The van der Waals surface area contributed by atoms with Crippen LogP contribution < -0.4 is 11.1 Å². The molecule has 0 atom stereocenters. The van der Waals surface area contributed by atoms with Crippen molar-refractivity contribution in [3.63, 3.8) is 0 Å². The van der Waals surface area contributed by atoms with Crippen molar-refractivity contribution in [3.8, 4) is 0 Å². The van der Waals surface area contributed by atoms with Crippen molar-refractivity contribution in [3.05, 3.63) is 35.4 Å². The first-order chi connectivity index (χ1) is 11.6. The molecule has 0 aliphatic carbocycles. The first-order valence-electron chi connectivity index (χ1n) is 8.48. The van der Waals surface area contributed by atoms with E-state index in [9.17, 15) is 4.79 Å². The van der Waals surface area contributed by atoms with Crippen molar-refractivity contribution >= 4 is 11.9 Å². The van der Waals surface area contributed by atoms with E-state index in [0.29, 0.717) is 12.1 Å². The summed E-state index contributed by atoms with van der Waals surface area (Å²) in [6.07, 6.45) is 3.46. The summed E-state index contributed by atoms with van der Waals surface area (Å²) < 4.78 is 5.41. The number of carbonyl (C=O) groups is 1. The number of amides is 1. The Morgan fingerprint density at radius 3 is 2.83 bits per heavy atom. The number of aliphatic imine (C=N–C) groups is 1. The molecule has 1 heterocycles. The van der Waals surface area contributed by atoms with Crippen molar-refractivity contribution in [1.29, 1.82) is 0 Å². The summed E-state index contributed by atoms with van der Waals surface area (Å²) in [5.41, 5.74) is 6.85. The zero-order valence-corrected chi connectivity index (χ0v) is 14.6. The lowest BCUT2D eigenvalue weighted by atomic mass is 9.96. The molecule has 1 fully saturated rings. The van der Waals surface area contributed by atoms with E-state index in [0.717, 1.165) is 56.5 Å². The fourth-order valence-electron chi connectivity index (χ4n) is 2.92.